The first kappa shape index (κ1) is 14.0. The van der Waals surface area contributed by atoms with Crippen molar-refractivity contribution in [2.75, 3.05) is 26.2 Å². The normalized spacial score (nSPS) is 20.8. The van der Waals surface area contributed by atoms with Gasteiger partial charge in [0.2, 0.25) is 0 Å². The van der Waals surface area contributed by atoms with E-state index in [0.717, 1.165) is 39.2 Å². The fourth-order valence-corrected chi connectivity index (χ4v) is 2.97. The van der Waals surface area contributed by atoms with E-state index >= 15 is 0 Å². The predicted octanol–water partition coefficient (Wildman–Crippen LogP) is 2.34. The van der Waals surface area contributed by atoms with Gasteiger partial charge in [-0.1, -0.05) is 6.07 Å². The summed E-state index contributed by atoms with van der Waals surface area (Å²) in [5.74, 6) is 0. The minimum Gasteiger partial charge on any atom is -0.376 e. The van der Waals surface area contributed by atoms with Gasteiger partial charge in [0.25, 0.3) is 0 Å². The van der Waals surface area contributed by atoms with E-state index in [1.54, 1.807) is 0 Å². The Kier molecular flexibility index (Phi) is 5.63. The zero-order chi connectivity index (χ0) is 12.8. The highest BCUT2D eigenvalue weighted by molar-refractivity contribution is 7.09. The van der Waals surface area contributed by atoms with Gasteiger partial charge in [-0.05, 0) is 31.7 Å². The Morgan fingerprint density at radius 1 is 1.56 bits per heavy atom. The maximum Gasteiger partial charge on any atom is 0.0712 e. The van der Waals surface area contributed by atoms with Gasteiger partial charge in [-0.2, -0.15) is 0 Å². The van der Waals surface area contributed by atoms with Crippen LogP contribution in [0.4, 0.5) is 0 Å². The van der Waals surface area contributed by atoms with Crippen LogP contribution >= 0.6 is 11.3 Å². The first-order valence-corrected chi connectivity index (χ1v) is 7.72. The van der Waals surface area contributed by atoms with Gasteiger partial charge >= 0.3 is 0 Å². The number of nitrogens with one attached hydrogen (secondary N) is 1. The van der Waals surface area contributed by atoms with Crippen molar-refractivity contribution < 1.29 is 4.74 Å². The molecule has 1 saturated heterocycles. The monoisotopic (exact) mass is 268 g/mol. The van der Waals surface area contributed by atoms with Gasteiger partial charge in [0.1, 0.15) is 0 Å². The Balaban J connectivity index is 1.78. The average molecular weight is 268 g/mol. The van der Waals surface area contributed by atoms with Crippen LogP contribution in [0.5, 0.6) is 0 Å². The maximum absolute atomic E-state index is 5.76. The van der Waals surface area contributed by atoms with Crippen LogP contribution in [-0.2, 0) is 11.3 Å². The second-order valence-electron chi connectivity index (χ2n) is 5.13. The number of hydrogen-bond acceptors (Lipinski definition) is 4. The molecular weight excluding hydrogens is 244 g/mol. The molecule has 0 spiro atoms. The number of morpholine rings is 1. The van der Waals surface area contributed by atoms with E-state index in [2.05, 4.69) is 41.6 Å². The van der Waals surface area contributed by atoms with Crippen molar-refractivity contribution in [1.29, 1.82) is 0 Å². The zero-order valence-electron chi connectivity index (χ0n) is 11.4. The summed E-state index contributed by atoms with van der Waals surface area (Å²) in [6.07, 6.45) is 1.51. The van der Waals surface area contributed by atoms with Crippen LogP contribution in [-0.4, -0.2) is 43.3 Å². The Morgan fingerprint density at radius 3 is 3.06 bits per heavy atom. The van der Waals surface area contributed by atoms with Crippen molar-refractivity contribution in [3.8, 4) is 0 Å². The molecule has 2 heterocycles. The van der Waals surface area contributed by atoms with Crippen LogP contribution in [0.15, 0.2) is 17.5 Å². The molecule has 0 amide bonds. The van der Waals surface area contributed by atoms with Crippen molar-refractivity contribution in [2.24, 2.45) is 0 Å². The lowest BCUT2D eigenvalue weighted by atomic mass is 10.2. The smallest absolute Gasteiger partial charge is 0.0712 e. The molecule has 1 fully saturated rings. The van der Waals surface area contributed by atoms with Gasteiger partial charge in [0, 0.05) is 37.1 Å². The van der Waals surface area contributed by atoms with Gasteiger partial charge in [-0.25, -0.2) is 0 Å². The number of thiophene rings is 1. The molecule has 1 aromatic heterocycles. The summed E-state index contributed by atoms with van der Waals surface area (Å²) in [4.78, 5) is 3.98. The number of hydrogen-bond donors (Lipinski definition) is 1. The summed E-state index contributed by atoms with van der Waals surface area (Å²) in [5, 5.41) is 5.55. The Bertz CT molecular complexity index is 321. The van der Waals surface area contributed by atoms with Crippen molar-refractivity contribution in [1.82, 2.24) is 10.2 Å². The number of nitrogens with zero attached hydrogens (tertiary/aromatic N) is 1. The maximum atomic E-state index is 5.76. The molecule has 0 aliphatic carbocycles. The van der Waals surface area contributed by atoms with Crippen LogP contribution in [0.1, 0.15) is 25.1 Å². The van der Waals surface area contributed by atoms with Crippen molar-refractivity contribution in [2.45, 2.75) is 39.0 Å². The highest BCUT2D eigenvalue weighted by atomic mass is 32.1. The fourth-order valence-electron chi connectivity index (χ4n) is 2.24. The molecule has 1 N–H and O–H groups in total. The molecule has 0 bridgehead atoms. The lowest BCUT2D eigenvalue weighted by Gasteiger charge is -2.29. The van der Waals surface area contributed by atoms with Crippen LogP contribution < -0.4 is 5.32 Å². The standard InChI is InChI=1S/C14H24N2OS/c1-12(2)16(11-14-4-3-9-18-14)7-5-13-10-15-6-8-17-13/h3-4,9,12-13,15H,5-8,10-11H2,1-2H3. The SMILES string of the molecule is CC(C)N(CCC1CNCCO1)Cc1cccs1. The topological polar surface area (TPSA) is 24.5 Å². The van der Waals surface area contributed by atoms with Crippen LogP contribution in [0.25, 0.3) is 0 Å². The molecule has 2 rings (SSSR count). The largest absolute Gasteiger partial charge is 0.376 e. The molecular formula is C14H24N2OS. The molecule has 0 radical (unpaired) electrons. The summed E-state index contributed by atoms with van der Waals surface area (Å²) in [6, 6.07) is 4.94. The number of rotatable bonds is 6. The summed E-state index contributed by atoms with van der Waals surface area (Å²) < 4.78 is 5.76. The highest BCUT2D eigenvalue weighted by Crippen LogP contribution is 2.15. The van der Waals surface area contributed by atoms with Crippen molar-refractivity contribution in [3.05, 3.63) is 22.4 Å². The number of ether oxygens (including phenoxy) is 1. The van der Waals surface area contributed by atoms with Crippen LogP contribution in [0, 0.1) is 0 Å². The van der Waals surface area contributed by atoms with Crippen LogP contribution in [0.2, 0.25) is 0 Å². The second kappa shape index (κ2) is 7.24. The molecule has 18 heavy (non-hydrogen) atoms. The third kappa shape index (κ3) is 4.35. The molecule has 1 aromatic rings. The fraction of sp³-hybridized carbons (Fsp3) is 0.714. The molecule has 0 saturated carbocycles. The molecule has 4 heteroatoms. The second-order valence-corrected chi connectivity index (χ2v) is 6.16. The summed E-state index contributed by atoms with van der Waals surface area (Å²) in [6.45, 7) is 9.58. The minimum atomic E-state index is 0.392. The van der Waals surface area contributed by atoms with Crippen LogP contribution in [0.3, 0.4) is 0 Å². The summed E-state index contributed by atoms with van der Waals surface area (Å²) in [7, 11) is 0. The van der Waals surface area contributed by atoms with Gasteiger partial charge in [0.05, 0.1) is 12.7 Å². The molecule has 102 valence electrons. The van der Waals surface area contributed by atoms with Gasteiger partial charge in [-0.3, -0.25) is 4.90 Å². The van der Waals surface area contributed by atoms with Gasteiger partial charge in [-0.15, -0.1) is 11.3 Å². The third-order valence-corrected chi connectivity index (χ3v) is 4.27. The predicted molar refractivity (Wildman–Crippen MR) is 77.1 cm³/mol. The summed E-state index contributed by atoms with van der Waals surface area (Å²) in [5.41, 5.74) is 0. The lowest BCUT2D eigenvalue weighted by molar-refractivity contribution is 0.0148. The van der Waals surface area contributed by atoms with E-state index in [9.17, 15) is 0 Å². The molecule has 0 aromatic carbocycles. The highest BCUT2D eigenvalue weighted by Gasteiger charge is 2.17. The molecule has 3 nitrogen and oxygen atoms in total. The van der Waals surface area contributed by atoms with E-state index in [4.69, 9.17) is 4.74 Å². The summed E-state index contributed by atoms with van der Waals surface area (Å²) >= 11 is 1.84. The first-order chi connectivity index (χ1) is 8.75. The molecule has 1 unspecified atom stereocenters. The first-order valence-electron chi connectivity index (χ1n) is 6.84. The Morgan fingerprint density at radius 2 is 2.44 bits per heavy atom. The minimum absolute atomic E-state index is 0.392. The van der Waals surface area contributed by atoms with Gasteiger partial charge < -0.3 is 10.1 Å². The molecule has 1 atom stereocenters. The third-order valence-electron chi connectivity index (χ3n) is 3.41. The average Bonchev–Trinajstić information content (AvgIpc) is 2.88. The van der Waals surface area contributed by atoms with E-state index in [1.807, 2.05) is 11.3 Å². The van der Waals surface area contributed by atoms with E-state index in [-0.39, 0.29) is 0 Å². The van der Waals surface area contributed by atoms with Gasteiger partial charge in [0.15, 0.2) is 0 Å². The van der Waals surface area contributed by atoms with Crippen molar-refractivity contribution >= 4 is 11.3 Å². The zero-order valence-corrected chi connectivity index (χ0v) is 12.2. The molecule has 1 aliphatic heterocycles. The molecule has 1 aliphatic rings. The van der Waals surface area contributed by atoms with E-state index < -0.39 is 0 Å². The Hall–Kier alpha value is -0.420. The Labute approximate surface area is 114 Å². The lowest BCUT2D eigenvalue weighted by Crippen LogP contribution is -2.41. The quantitative estimate of drug-likeness (QED) is 0.857. The van der Waals surface area contributed by atoms with E-state index in [0.29, 0.717) is 12.1 Å². The van der Waals surface area contributed by atoms with E-state index in [1.165, 1.54) is 4.88 Å². The van der Waals surface area contributed by atoms with Crippen molar-refractivity contribution in [3.63, 3.8) is 0 Å².